The first-order valence-electron chi connectivity index (χ1n) is 9.81. The molecule has 1 amide bonds. The van der Waals surface area contributed by atoms with Crippen LogP contribution in [0.2, 0.25) is 0 Å². The number of aliphatic imine (C=N–C) groups is 1. The average molecular weight is 352 g/mol. The molecule has 2 rings (SSSR count). The van der Waals surface area contributed by atoms with Crippen LogP contribution in [-0.4, -0.2) is 66.5 Å². The summed E-state index contributed by atoms with van der Waals surface area (Å²) in [6.45, 7) is 13.7. The van der Waals surface area contributed by atoms with Gasteiger partial charge in [0, 0.05) is 25.2 Å². The Bertz CT molecular complexity index is 463. The molecule has 2 aliphatic heterocycles. The van der Waals surface area contributed by atoms with E-state index in [9.17, 15) is 4.79 Å². The van der Waals surface area contributed by atoms with Crippen LogP contribution in [0.5, 0.6) is 0 Å². The van der Waals surface area contributed by atoms with E-state index in [-0.39, 0.29) is 11.4 Å². The van der Waals surface area contributed by atoms with E-state index in [1.54, 1.807) is 0 Å². The van der Waals surface area contributed by atoms with Gasteiger partial charge in [-0.1, -0.05) is 6.92 Å². The summed E-state index contributed by atoms with van der Waals surface area (Å²) in [6, 6.07) is 0. The van der Waals surface area contributed by atoms with Gasteiger partial charge in [0.15, 0.2) is 5.96 Å². The quantitative estimate of drug-likeness (QED) is 0.597. The highest BCUT2D eigenvalue weighted by atomic mass is 16.2. The van der Waals surface area contributed by atoms with Gasteiger partial charge in [0.2, 0.25) is 5.91 Å². The number of hydrogen-bond acceptors (Lipinski definition) is 3. The van der Waals surface area contributed by atoms with Crippen LogP contribution in [0.15, 0.2) is 4.99 Å². The zero-order valence-corrected chi connectivity index (χ0v) is 16.6. The number of nitrogens with one attached hydrogen (secondary N) is 1. The minimum atomic E-state index is -0.159. The van der Waals surface area contributed by atoms with Gasteiger partial charge in [-0.2, -0.15) is 0 Å². The molecule has 2 aliphatic rings. The number of nitrogens with zero attached hydrogens (tertiary/aromatic N) is 3. The van der Waals surface area contributed by atoms with Crippen molar-refractivity contribution in [1.29, 1.82) is 0 Å². The number of amides is 1. The molecule has 1 atom stereocenters. The number of likely N-dealkylation sites (tertiary alicyclic amines) is 2. The summed E-state index contributed by atoms with van der Waals surface area (Å²) < 4.78 is 0. The Morgan fingerprint density at radius 1 is 1.20 bits per heavy atom. The maximum absolute atomic E-state index is 12.0. The van der Waals surface area contributed by atoms with Crippen molar-refractivity contribution >= 4 is 11.9 Å². The van der Waals surface area contributed by atoms with Crippen LogP contribution in [0.4, 0.5) is 0 Å². The van der Waals surface area contributed by atoms with Crippen molar-refractivity contribution in [3.05, 3.63) is 0 Å². The predicted molar refractivity (Wildman–Crippen MR) is 104 cm³/mol. The van der Waals surface area contributed by atoms with Crippen molar-refractivity contribution in [2.45, 2.75) is 58.9 Å². The molecule has 0 aromatic carbocycles. The van der Waals surface area contributed by atoms with Crippen LogP contribution in [0.1, 0.15) is 53.4 Å². The lowest BCUT2D eigenvalue weighted by atomic mass is 9.97. The maximum Gasteiger partial charge on any atom is 0.234 e. The molecular formula is C19H37N5O. The Morgan fingerprint density at radius 3 is 2.48 bits per heavy atom. The second-order valence-corrected chi connectivity index (χ2v) is 8.91. The number of carbonyl (C=O) groups excluding carboxylic acids is 1. The fourth-order valence-electron chi connectivity index (χ4n) is 3.71. The molecule has 0 saturated carbocycles. The summed E-state index contributed by atoms with van der Waals surface area (Å²) in [5, 5.41) is 3.03. The fraction of sp³-hybridized carbons (Fsp3) is 0.895. The van der Waals surface area contributed by atoms with Gasteiger partial charge in [-0.05, 0) is 71.4 Å². The van der Waals surface area contributed by atoms with Gasteiger partial charge in [-0.25, -0.2) is 0 Å². The number of nitrogens with two attached hydrogens (primary N) is 1. The Labute approximate surface area is 153 Å². The molecule has 1 unspecified atom stereocenters. The third-order valence-corrected chi connectivity index (χ3v) is 5.08. The summed E-state index contributed by atoms with van der Waals surface area (Å²) in [7, 11) is 0. The van der Waals surface area contributed by atoms with Crippen molar-refractivity contribution in [1.82, 2.24) is 15.1 Å². The van der Waals surface area contributed by atoms with Gasteiger partial charge in [0.1, 0.15) is 0 Å². The van der Waals surface area contributed by atoms with Crippen LogP contribution in [0.3, 0.4) is 0 Å². The molecule has 2 saturated heterocycles. The number of carbonyl (C=O) groups is 1. The van der Waals surface area contributed by atoms with E-state index in [1.165, 1.54) is 12.8 Å². The molecule has 2 heterocycles. The highest BCUT2D eigenvalue weighted by Crippen LogP contribution is 2.18. The highest BCUT2D eigenvalue weighted by Gasteiger charge is 2.23. The molecule has 0 aliphatic carbocycles. The molecule has 144 valence electrons. The lowest BCUT2D eigenvalue weighted by Gasteiger charge is -2.33. The predicted octanol–water partition coefficient (Wildman–Crippen LogP) is 1.66. The third kappa shape index (κ3) is 7.22. The van der Waals surface area contributed by atoms with Crippen LogP contribution >= 0.6 is 0 Å². The van der Waals surface area contributed by atoms with Crippen LogP contribution in [0.25, 0.3) is 0 Å². The van der Waals surface area contributed by atoms with E-state index < -0.39 is 0 Å². The van der Waals surface area contributed by atoms with Gasteiger partial charge < -0.3 is 16.0 Å². The molecule has 6 nitrogen and oxygen atoms in total. The largest absolute Gasteiger partial charge is 0.370 e. The highest BCUT2D eigenvalue weighted by molar-refractivity contribution is 5.79. The van der Waals surface area contributed by atoms with Crippen LogP contribution < -0.4 is 11.1 Å². The maximum atomic E-state index is 12.0. The smallest absolute Gasteiger partial charge is 0.234 e. The first kappa shape index (κ1) is 20.0. The molecule has 0 aromatic heterocycles. The molecule has 3 N–H and O–H groups in total. The summed E-state index contributed by atoms with van der Waals surface area (Å²) in [4.78, 5) is 21.2. The Balaban J connectivity index is 1.69. The second-order valence-electron chi connectivity index (χ2n) is 8.91. The minimum absolute atomic E-state index is 0.118. The van der Waals surface area contributed by atoms with Crippen molar-refractivity contribution in [3.8, 4) is 0 Å². The minimum Gasteiger partial charge on any atom is -0.370 e. The Hall–Kier alpha value is -1.30. The Kier molecular flexibility index (Phi) is 7.11. The van der Waals surface area contributed by atoms with Crippen molar-refractivity contribution < 1.29 is 4.79 Å². The van der Waals surface area contributed by atoms with E-state index >= 15 is 0 Å². The van der Waals surface area contributed by atoms with E-state index in [0.29, 0.717) is 18.4 Å². The standard InChI is InChI=1S/C19H37N5O/c1-15-6-5-9-24(13-15)18(20)21-12-16-7-10-23(11-8-16)14-17(25)22-19(2,3)4/h15-16H,5-14H2,1-4H3,(H2,20,21)(H,22,25). The van der Waals surface area contributed by atoms with E-state index in [2.05, 4.69) is 27.0 Å². The average Bonchev–Trinajstić information content (AvgIpc) is 2.52. The monoisotopic (exact) mass is 351 g/mol. The number of guanidine groups is 1. The van der Waals surface area contributed by atoms with E-state index in [4.69, 9.17) is 5.73 Å². The summed E-state index contributed by atoms with van der Waals surface area (Å²) in [5.41, 5.74) is 6.03. The molecule has 0 radical (unpaired) electrons. The molecule has 25 heavy (non-hydrogen) atoms. The zero-order valence-electron chi connectivity index (χ0n) is 16.6. The first-order valence-corrected chi connectivity index (χ1v) is 9.81. The fourth-order valence-corrected chi connectivity index (χ4v) is 3.71. The molecule has 2 fully saturated rings. The SMILES string of the molecule is CC1CCCN(C(N)=NCC2CCN(CC(=O)NC(C)(C)C)CC2)C1. The number of rotatable bonds is 4. The summed E-state index contributed by atoms with van der Waals surface area (Å²) in [6.07, 6.45) is 4.70. The van der Waals surface area contributed by atoms with E-state index in [0.717, 1.165) is 51.5 Å². The van der Waals surface area contributed by atoms with Crippen LogP contribution in [-0.2, 0) is 4.79 Å². The molecular weight excluding hydrogens is 314 g/mol. The van der Waals surface area contributed by atoms with Gasteiger partial charge in [-0.15, -0.1) is 0 Å². The lowest BCUT2D eigenvalue weighted by molar-refractivity contribution is -0.124. The summed E-state index contributed by atoms with van der Waals surface area (Å²) in [5.74, 6) is 2.14. The molecule has 0 bridgehead atoms. The van der Waals surface area contributed by atoms with Gasteiger partial charge >= 0.3 is 0 Å². The third-order valence-electron chi connectivity index (χ3n) is 5.08. The lowest BCUT2D eigenvalue weighted by Crippen LogP contribution is -2.47. The second kappa shape index (κ2) is 8.88. The normalized spacial score (nSPS) is 24.4. The number of piperidine rings is 2. The van der Waals surface area contributed by atoms with E-state index in [1.807, 2.05) is 20.8 Å². The number of hydrogen-bond donors (Lipinski definition) is 2. The Morgan fingerprint density at radius 2 is 1.88 bits per heavy atom. The van der Waals surface area contributed by atoms with Gasteiger partial charge in [0.25, 0.3) is 0 Å². The first-order chi connectivity index (χ1) is 11.7. The van der Waals surface area contributed by atoms with Gasteiger partial charge in [-0.3, -0.25) is 14.7 Å². The topological polar surface area (TPSA) is 74.0 Å². The van der Waals surface area contributed by atoms with Crippen LogP contribution in [0, 0.1) is 11.8 Å². The molecule has 0 spiro atoms. The van der Waals surface area contributed by atoms with Crippen molar-refractivity contribution in [2.24, 2.45) is 22.6 Å². The molecule has 0 aromatic rings. The van der Waals surface area contributed by atoms with Crippen molar-refractivity contribution in [2.75, 3.05) is 39.3 Å². The van der Waals surface area contributed by atoms with Crippen molar-refractivity contribution in [3.63, 3.8) is 0 Å². The summed E-state index contributed by atoms with van der Waals surface area (Å²) >= 11 is 0. The molecule has 6 heteroatoms. The zero-order chi connectivity index (χ0) is 18.4. The van der Waals surface area contributed by atoms with Gasteiger partial charge in [0.05, 0.1) is 6.54 Å².